The number of urea groups is 1. The number of aryl methyl sites for hydroxylation is 2. The molecule has 1 fully saturated rings. The van der Waals surface area contributed by atoms with Crippen LogP contribution in [0.25, 0.3) is 5.69 Å². The van der Waals surface area contributed by atoms with Crippen molar-refractivity contribution in [2.45, 2.75) is 13.8 Å². The van der Waals surface area contributed by atoms with Gasteiger partial charge in [0.1, 0.15) is 11.6 Å². The van der Waals surface area contributed by atoms with Gasteiger partial charge < -0.3 is 19.9 Å². The summed E-state index contributed by atoms with van der Waals surface area (Å²) in [5, 5.41) is 14.9. The second-order valence-electron chi connectivity index (χ2n) is 7.41. The van der Waals surface area contributed by atoms with E-state index in [4.69, 9.17) is 4.74 Å². The van der Waals surface area contributed by atoms with Gasteiger partial charge in [0.05, 0.1) is 12.8 Å². The number of tetrazole rings is 1. The summed E-state index contributed by atoms with van der Waals surface area (Å²) < 4.78 is 20.7. The number of methoxy groups -OCH3 is 1. The van der Waals surface area contributed by atoms with E-state index in [0.29, 0.717) is 43.4 Å². The summed E-state index contributed by atoms with van der Waals surface area (Å²) in [7, 11) is 1.63. The van der Waals surface area contributed by atoms with Crippen LogP contribution in [0, 0.1) is 19.7 Å². The van der Waals surface area contributed by atoms with Gasteiger partial charge in [0.2, 0.25) is 5.95 Å². The van der Waals surface area contributed by atoms with Gasteiger partial charge in [0, 0.05) is 31.9 Å². The molecule has 4 rings (SSSR count). The van der Waals surface area contributed by atoms with Gasteiger partial charge in [-0.05, 0) is 65.7 Å². The first-order valence-corrected chi connectivity index (χ1v) is 9.96. The molecule has 1 aliphatic rings. The maximum Gasteiger partial charge on any atom is 0.321 e. The minimum atomic E-state index is -0.344. The molecule has 0 spiro atoms. The normalized spacial score (nSPS) is 13.9. The number of amides is 2. The van der Waals surface area contributed by atoms with Gasteiger partial charge in [-0.3, -0.25) is 0 Å². The number of nitrogens with zero attached hydrogens (tertiary/aromatic N) is 6. The highest BCUT2D eigenvalue weighted by molar-refractivity contribution is 5.89. The molecule has 0 unspecified atom stereocenters. The zero-order valence-electron chi connectivity index (χ0n) is 17.7. The zero-order chi connectivity index (χ0) is 22.0. The Labute approximate surface area is 179 Å². The van der Waals surface area contributed by atoms with Gasteiger partial charge in [-0.1, -0.05) is 11.2 Å². The first-order valence-electron chi connectivity index (χ1n) is 9.96. The Hall–Kier alpha value is -3.69. The number of carbonyl (C=O) groups excluding carboxylic acids is 1. The van der Waals surface area contributed by atoms with E-state index in [1.54, 1.807) is 35.7 Å². The molecule has 9 nitrogen and oxygen atoms in total. The van der Waals surface area contributed by atoms with Crippen molar-refractivity contribution in [3.8, 4) is 11.4 Å². The van der Waals surface area contributed by atoms with Crippen LogP contribution in [0.3, 0.4) is 0 Å². The number of ether oxygens (including phenoxy) is 1. The Balaban J connectivity index is 1.41. The van der Waals surface area contributed by atoms with E-state index >= 15 is 0 Å². The Morgan fingerprint density at radius 1 is 1.06 bits per heavy atom. The minimum absolute atomic E-state index is 0.256. The fourth-order valence-corrected chi connectivity index (χ4v) is 3.52. The standard InChI is InChI=1S/C21H24FN7O2/c1-14-4-5-16(13-18(14)22)23-21(30)28-10-8-27(9-11-28)20-24-25-26-29(20)17-6-7-19(31-3)15(2)12-17/h4-7,12-13H,8-11H2,1-3H3,(H,23,30). The number of carbonyl (C=O) groups is 1. The predicted octanol–water partition coefficient (Wildman–Crippen LogP) is 2.78. The number of benzene rings is 2. The monoisotopic (exact) mass is 425 g/mol. The van der Waals surface area contributed by atoms with Crippen molar-refractivity contribution < 1.29 is 13.9 Å². The molecule has 162 valence electrons. The smallest absolute Gasteiger partial charge is 0.321 e. The zero-order valence-corrected chi connectivity index (χ0v) is 17.7. The maximum absolute atomic E-state index is 13.7. The van der Waals surface area contributed by atoms with Crippen LogP contribution in [0.15, 0.2) is 36.4 Å². The molecule has 3 aromatic rings. The SMILES string of the molecule is COc1ccc(-n2nnnc2N2CCN(C(=O)Nc3ccc(C)c(F)c3)CC2)cc1C. The molecule has 1 aromatic heterocycles. The number of anilines is 2. The molecule has 0 aliphatic carbocycles. The van der Waals surface area contributed by atoms with Crippen LogP contribution in [0.4, 0.5) is 20.8 Å². The van der Waals surface area contributed by atoms with E-state index in [2.05, 4.69) is 20.8 Å². The molecular formula is C21H24FN7O2. The van der Waals surface area contributed by atoms with Crippen molar-refractivity contribution in [2.24, 2.45) is 0 Å². The molecule has 0 saturated carbocycles. The van der Waals surface area contributed by atoms with Crippen molar-refractivity contribution in [1.82, 2.24) is 25.1 Å². The van der Waals surface area contributed by atoms with Gasteiger partial charge in [-0.2, -0.15) is 4.68 Å². The molecule has 10 heteroatoms. The van der Waals surface area contributed by atoms with E-state index in [-0.39, 0.29) is 11.8 Å². The lowest BCUT2D eigenvalue weighted by Crippen LogP contribution is -2.50. The highest BCUT2D eigenvalue weighted by atomic mass is 19.1. The molecule has 2 aromatic carbocycles. The largest absolute Gasteiger partial charge is 0.496 e. The maximum atomic E-state index is 13.7. The average Bonchev–Trinajstić information content (AvgIpc) is 3.26. The lowest BCUT2D eigenvalue weighted by Gasteiger charge is -2.34. The first-order chi connectivity index (χ1) is 15.0. The van der Waals surface area contributed by atoms with Crippen LogP contribution >= 0.6 is 0 Å². The summed E-state index contributed by atoms with van der Waals surface area (Å²) in [6.45, 7) is 5.78. The molecule has 1 saturated heterocycles. The van der Waals surface area contributed by atoms with Crippen LogP contribution in [-0.4, -0.2) is 64.4 Å². The van der Waals surface area contributed by atoms with Crippen molar-refractivity contribution in [3.05, 3.63) is 53.3 Å². The van der Waals surface area contributed by atoms with E-state index in [1.807, 2.05) is 30.0 Å². The molecule has 0 bridgehead atoms. The summed E-state index contributed by atoms with van der Waals surface area (Å²) in [6, 6.07) is 10.1. The van der Waals surface area contributed by atoms with Crippen LogP contribution in [0.5, 0.6) is 5.75 Å². The quantitative estimate of drug-likeness (QED) is 0.692. The Morgan fingerprint density at radius 3 is 2.52 bits per heavy atom. The third kappa shape index (κ3) is 4.27. The Kier molecular flexibility index (Phi) is 5.70. The summed E-state index contributed by atoms with van der Waals surface area (Å²) in [4.78, 5) is 16.3. The number of rotatable bonds is 4. The lowest BCUT2D eigenvalue weighted by molar-refractivity contribution is 0.208. The van der Waals surface area contributed by atoms with Crippen molar-refractivity contribution in [3.63, 3.8) is 0 Å². The fourth-order valence-electron chi connectivity index (χ4n) is 3.52. The lowest BCUT2D eigenvalue weighted by atomic mass is 10.2. The number of hydrogen-bond donors (Lipinski definition) is 1. The van der Waals surface area contributed by atoms with E-state index < -0.39 is 0 Å². The molecule has 0 radical (unpaired) electrons. The number of nitrogens with one attached hydrogen (secondary N) is 1. The number of aromatic nitrogens is 4. The topological polar surface area (TPSA) is 88.4 Å². The Bertz CT molecular complexity index is 1090. The third-order valence-electron chi connectivity index (χ3n) is 5.35. The summed E-state index contributed by atoms with van der Waals surface area (Å²) in [5.41, 5.74) is 2.79. The number of halogens is 1. The Morgan fingerprint density at radius 2 is 1.84 bits per heavy atom. The molecular weight excluding hydrogens is 401 g/mol. The minimum Gasteiger partial charge on any atom is -0.496 e. The fraction of sp³-hybridized carbons (Fsp3) is 0.333. The third-order valence-corrected chi connectivity index (χ3v) is 5.35. The van der Waals surface area contributed by atoms with Gasteiger partial charge in [0.25, 0.3) is 0 Å². The van der Waals surface area contributed by atoms with Gasteiger partial charge in [-0.15, -0.1) is 0 Å². The van der Waals surface area contributed by atoms with Crippen molar-refractivity contribution in [1.29, 1.82) is 0 Å². The highest BCUT2D eigenvalue weighted by Gasteiger charge is 2.25. The van der Waals surface area contributed by atoms with Crippen LogP contribution in [0.2, 0.25) is 0 Å². The van der Waals surface area contributed by atoms with Crippen molar-refractivity contribution >= 4 is 17.7 Å². The molecule has 31 heavy (non-hydrogen) atoms. The predicted molar refractivity (Wildman–Crippen MR) is 114 cm³/mol. The molecule has 1 N–H and O–H groups in total. The second-order valence-corrected chi connectivity index (χ2v) is 7.41. The van der Waals surface area contributed by atoms with Gasteiger partial charge in [-0.25, -0.2) is 9.18 Å². The first kappa shape index (κ1) is 20.6. The molecule has 2 amide bonds. The molecule has 1 aliphatic heterocycles. The number of piperazine rings is 1. The number of hydrogen-bond acceptors (Lipinski definition) is 6. The van der Waals surface area contributed by atoms with E-state index in [1.165, 1.54) is 6.07 Å². The van der Waals surface area contributed by atoms with Crippen molar-refractivity contribution in [2.75, 3.05) is 43.5 Å². The summed E-state index contributed by atoms with van der Waals surface area (Å²) >= 11 is 0. The molecule has 0 atom stereocenters. The summed E-state index contributed by atoms with van der Waals surface area (Å²) in [6.07, 6.45) is 0. The summed E-state index contributed by atoms with van der Waals surface area (Å²) in [5.74, 6) is 1.07. The van der Waals surface area contributed by atoms with Crippen LogP contribution in [-0.2, 0) is 0 Å². The van der Waals surface area contributed by atoms with Crippen LogP contribution in [0.1, 0.15) is 11.1 Å². The molecule has 2 heterocycles. The van der Waals surface area contributed by atoms with E-state index in [9.17, 15) is 9.18 Å². The average molecular weight is 425 g/mol. The second kappa shape index (κ2) is 8.58. The highest BCUT2D eigenvalue weighted by Crippen LogP contribution is 2.23. The van der Waals surface area contributed by atoms with Gasteiger partial charge >= 0.3 is 6.03 Å². The van der Waals surface area contributed by atoms with Gasteiger partial charge in [0.15, 0.2) is 0 Å². The van der Waals surface area contributed by atoms with E-state index in [0.717, 1.165) is 17.0 Å². The van der Waals surface area contributed by atoms with Crippen LogP contribution < -0.4 is 15.0 Å².